The van der Waals surface area contributed by atoms with E-state index in [0.717, 1.165) is 37.2 Å². The quantitative estimate of drug-likeness (QED) is 0.436. The molecule has 9 nitrogen and oxygen atoms in total. The van der Waals surface area contributed by atoms with Crippen LogP contribution >= 0.6 is 11.3 Å². The standard InChI is InChI=1S/C21H22N6O3S/c1-9-24-20(26-13-4-11-8-23-27-12(11)7-14(13)29-2)18-17-15(30-3)5-10(19(22)28)6-16(17)31-21(18)25-9/h4,7-8,10,15H,5-6H2,1-3H3,(H2,22,28)(H,23,27)(H,24,25,26)/t10-,15?/m0/s1. The van der Waals surface area contributed by atoms with E-state index in [4.69, 9.17) is 20.2 Å². The van der Waals surface area contributed by atoms with Gasteiger partial charge in [0.2, 0.25) is 5.91 Å². The van der Waals surface area contributed by atoms with Crippen LogP contribution in [0, 0.1) is 12.8 Å². The average Bonchev–Trinajstić information content (AvgIpc) is 3.35. The lowest BCUT2D eigenvalue weighted by Crippen LogP contribution is -2.30. The highest BCUT2D eigenvalue weighted by atomic mass is 32.1. The lowest BCUT2D eigenvalue weighted by atomic mass is 9.85. The van der Waals surface area contributed by atoms with Gasteiger partial charge >= 0.3 is 0 Å². The first-order chi connectivity index (χ1) is 15.0. The first-order valence-electron chi connectivity index (χ1n) is 9.88. The van der Waals surface area contributed by atoms with Crippen LogP contribution in [0.2, 0.25) is 0 Å². The molecule has 0 aliphatic heterocycles. The van der Waals surface area contributed by atoms with Gasteiger partial charge in [-0.1, -0.05) is 0 Å². The summed E-state index contributed by atoms with van der Waals surface area (Å²) in [6.45, 7) is 1.86. The molecule has 160 valence electrons. The molecule has 1 aliphatic rings. The molecule has 0 bridgehead atoms. The minimum absolute atomic E-state index is 0.250. The van der Waals surface area contributed by atoms with Gasteiger partial charge < -0.3 is 20.5 Å². The number of primary amides is 1. The third-order valence-electron chi connectivity index (χ3n) is 5.73. The molecule has 2 atom stereocenters. The Balaban J connectivity index is 1.67. The maximum absolute atomic E-state index is 11.9. The number of carbonyl (C=O) groups is 1. The highest BCUT2D eigenvalue weighted by Crippen LogP contribution is 2.46. The van der Waals surface area contributed by atoms with Crippen molar-refractivity contribution in [2.45, 2.75) is 25.9 Å². The van der Waals surface area contributed by atoms with Crippen molar-refractivity contribution in [3.8, 4) is 5.75 Å². The second kappa shape index (κ2) is 7.47. The highest BCUT2D eigenvalue weighted by Gasteiger charge is 2.35. The molecule has 0 fully saturated rings. The number of hydrogen-bond acceptors (Lipinski definition) is 8. The summed E-state index contributed by atoms with van der Waals surface area (Å²) in [5.74, 6) is 1.45. The van der Waals surface area contributed by atoms with Crippen molar-refractivity contribution in [1.82, 2.24) is 20.2 Å². The van der Waals surface area contributed by atoms with E-state index < -0.39 is 0 Å². The van der Waals surface area contributed by atoms with Crippen LogP contribution in [0.3, 0.4) is 0 Å². The Hall–Kier alpha value is -3.24. The fraction of sp³-hybridized carbons (Fsp3) is 0.333. The summed E-state index contributed by atoms with van der Waals surface area (Å²) in [5, 5.41) is 12.4. The minimum atomic E-state index is -0.302. The van der Waals surface area contributed by atoms with E-state index in [1.165, 1.54) is 0 Å². The van der Waals surface area contributed by atoms with Crippen LogP contribution in [0.15, 0.2) is 18.3 Å². The minimum Gasteiger partial charge on any atom is -0.494 e. The number of nitrogens with one attached hydrogen (secondary N) is 2. The molecule has 3 aromatic heterocycles. The summed E-state index contributed by atoms with van der Waals surface area (Å²) >= 11 is 1.57. The first-order valence-corrected chi connectivity index (χ1v) is 10.7. The van der Waals surface area contributed by atoms with Gasteiger partial charge in [-0.25, -0.2) is 9.97 Å². The zero-order chi connectivity index (χ0) is 21.7. The maximum atomic E-state index is 11.9. The number of H-pyrrole nitrogens is 1. The molecule has 0 spiro atoms. The second-order valence-electron chi connectivity index (χ2n) is 7.64. The molecular weight excluding hydrogens is 416 g/mol. The summed E-state index contributed by atoms with van der Waals surface area (Å²) in [6, 6.07) is 3.87. The number of rotatable bonds is 5. The summed E-state index contributed by atoms with van der Waals surface area (Å²) in [7, 11) is 3.28. The highest BCUT2D eigenvalue weighted by molar-refractivity contribution is 7.19. The van der Waals surface area contributed by atoms with Crippen molar-refractivity contribution in [3.05, 3.63) is 34.6 Å². The number of ether oxygens (including phenoxy) is 2. The Kier molecular flexibility index (Phi) is 4.75. The Labute approximate surface area is 182 Å². The van der Waals surface area contributed by atoms with Crippen molar-refractivity contribution in [1.29, 1.82) is 0 Å². The molecule has 0 saturated carbocycles. The van der Waals surface area contributed by atoms with Crippen molar-refractivity contribution >= 4 is 49.9 Å². The van der Waals surface area contributed by atoms with E-state index in [1.54, 1.807) is 31.8 Å². The third-order valence-corrected chi connectivity index (χ3v) is 6.85. The van der Waals surface area contributed by atoms with Gasteiger partial charge in [-0.3, -0.25) is 9.89 Å². The normalized spacial score (nSPS) is 18.3. The average molecular weight is 439 g/mol. The number of fused-ring (bicyclic) bond motifs is 4. The van der Waals surface area contributed by atoms with Gasteiger partial charge in [0.15, 0.2) is 0 Å². The number of aromatic nitrogens is 4. The van der Waals surface area contributed by atoms with Gasteiger partial charge in [-0.15, -0.1) is 11.3 Å². The second-order valence-corrected chi connectivity index (χ2v) is 8.72. The summed E-state index contributed by atoms with van der Waals surface area (Å²) in [4.78, 5) is 23.1. The van der Waals surface area contributed by atoms with Gasteiger partial charge in [-0.05, 0) is 25.8 Å². The van der Waals surface area contributed by atoms with E-state index in [2.05, 4.69) is 20.5 Å². The Bertz CT molecular complexity index is 1310. The van der Waals surface area contributed by atoms with Crippen LogP contribution in [-0.2, 0) is 16.0 Å². The number of anilines is 2. The molecule has 5 rings (SSSR count). The van der Waals surface area contributed by atoms with Crippen LogP contribution in [0.1, 0.15) is 28.8 Å². The molecule has 1 aliphatic carbocycles. The number of aryl methyl sites for hydroxylation is 1. The number of hydrogen-bond donors (Lipinski definition) is 3. The zero-order valence-electron chi connectivity index (χ0n) is 17.4. The van der Waals surface area contributed by atoms with Crippen LogP contribution in [0.4, 0.5) is 11.5 Å². The van der Waals surface area contributed by atoms with E-state index in [9.17, 15) is 4.79 Å². The number of amides is 1. The van der Waals surface area contributed by atoms with Crippen molar-refractivity contribution in [2.75, 3.05) is 19.5 Å². The van der Waals surface area contributed by atoms with Crippen LogP contribution in [0.5, 0.6) is 5.75 Å². The van der Waals surface area contributed by atoms with Gasteiger partial charge in [0.05, 0.1) is 36.0 Å². The fourth-order valence-corrected chi connectivity index (χ4v) is 5.58. The molecule has 10 heteroatoms. The lowest BCUT2D eigenvalue weighted by molar-refractivity contribution is -0.123. The predicted molar refractivity (Wildman–Crippen MR) is 119 cm³/mol. The molecule has 0 saturated heterocycles. The molecule has 4 aromatic rings. The van der Waals surface area contributed by atoms with Crippen molar-refractivity contribution < 1.29 is 14.3 Å². The van der Waals surface area contributed by atoms with Gasteiger partial charge in [0, 0.05) is 34.9 Å². The molecule has 0 radical (unpaired) electrons. The number of nitrogens with two attached hydrogens (primary N) is 1. The largest absolute Gasteiger partial charge is 0.494 e. The van der Waals surface area contributed by atoms with E-state index in [-0.39, 0.29) is 17.9 Å². The number of nitrogens with zero attached hydrogens (tertiary/aromatic N) is 3. The monoisotopic (exact) mass is 438 g/mol. The Morgan fingerprint density at radius 3 is 2.90 bits per heavy atom. The SMILES string of the molecule is COc1cc2[nH]ncc2cc1Nc1nc(C)nc2sc3c(c12)C(OC)C[C@H](C(N)=O)C3. The summed E-state index contributed by atoms with van der Waals surface area (Å²) in [5.41, 5.74) is 8.30. The fourth-order valence-electron chi connectivity index (χ4n) is 4.24. The Morgan fingerprint density at radius 2 is 2.16 bits per heavy atom. The van der Waals surface area contributed by atoms with Gasteiger partial charge in [-0.2, -0.15) is 5.10 Å². The maximum Gasteiger partial charge on any atom is 0.221 e. The molecule has 1 unspecified atom stereocenters. The van der Waals surface area contributed by atoms with E-state index in [1.807, 2.05) is 19.1 Å². The van der Waals surface area contributed by atoms with Crippen LogP contribution in [-0.4, -0.2) is 40.3 Å². The summed E-state index contributed by atoms with van der Waals surface area (Å²) in [6.07, 6.45) is 2.65. The number of benzene rings is 1. The van der Waals surface area contributed by atoms with Gasteiger partial charge in [0.25, 0.3) is 0 Å². The van der Waals surface area contributed by atoms with Gasteiger partial charge in [0.1, 0.15) is 22.2 Å². The van der Waals surface area contributed by atoms with Crippen LogP contribution in [0.25, 0.3) is 21.1 Å². The molecule has 1 amide bonds. The molecule has 4 N–H and O–H groups in total. The smallest absolute Gasteiger partial charge is 0.221 e. The number of thiophene rings is 1. The summed E-state index contributed by atoms with van der Waals surface area (Å²) < 4.78 is 11.4. The number of methoxy groups -OCH3 is 2. The first kappa shape index (κ1) is 19.7. The van der Waals surface area contributed by atoms with Crippen molar-refractivity contribution in [2.24, 2.45) is 11.7 Å². The molecule has 31 heavy (non-hydrogen) atoms. The Morgan fingerprint density at radius 1 is 1.32 bits per heavy atom. The van der Waals surface area contributed by atoms with E-state index >= 15 is 0 Å². The molecular formula is C21H22N6O3S. The van der Waals surface area contributed by atoms with Crippen molar-refractivity contribution in [3.63, 3.8) is 0 Å². The van der Waals surface area contributed by atoms with Crippen LogP contribution < -0.4 is 15.8 Å². The topological polar surface area (TPSA) is 128 Å². The van der Waals surface area contributed by atoms with E-state index in [0.29, 0.717) is 30.2 Å². The molecule has 1 aromatic carbocycles. The molecule has 3 heterocycles. The number of aromatic amines is 1. The third kappa shape index (κ3) is 3.28. The number of carbonyl (C=O) groups excluding carboxylic acids is 1. The predicted octanol–water partition coefficient (Wildman–Crippen LogP) is 3.36. The lowest BCUT2D eigenvalue weighted by Gasteiger charge is -2.27. The zero-order valence-corrected chi connectivity index (χ0v) is 18.2.